The van der Waals surface area contributed by atoms with E-state index in [9.17, 15) is 18.3 Å². The molecule has 210 valence electrons. The second kappa shape index (κ2) is 13.0. The minimum absolute atomic E-state index is 0.00509. The normalized spacial score (nSPS) is 12.8. The molecule has 40 heavy (non-hydrogen) atoms. The molecule has 1 atom stereocenters. The number of ether oxygens (including phenoxy) is 1. The summed E-state index contributed by atoms with van der Waals surface area (Å²) < 4.78 is 34.7. The van der Waals surface area contributed by atoms with Crippen LogP contribution in [0.15, 0.2) is 89.8 Å². The van der Waals surface area contributed by atoms with Crippen LogP contribution in [-0.4, -0.2) is 36.8 Å². The van der Waals surface area contributed by atoms with Crippen LogP contribution in [0, 0.1) is 5.41 Å². The lowest BCUT2D eigenvalue weighted by atomic mass is 9.92. The fourth-order valence-electron chi connectivity index (χ4n) is 4.09. The number of carboxylic acids is 1. The van der Waals surface area contributed by atoms with Gasteiger partial charge in [0.25, 0.3) is 0 Å². The average Bonchev–Trinajstić information content (AvgIpc) is 2.91. The Kier molecular flexibility index (Phi) is 9.73. The van der Waals surface area contributed by atoms with Crippen molar-refractivity contribution in [3.05, 3.63) is 101 Å². The molecule has 10 heteroatoms. The number of nitrogens with one attached hydrogen (secondary N) is 1. The van der Waals surface area contributed by atoms with E-state index in [0.29, 0.717) is 16.5 Å². The number of aliphatic carboxylic acids is 1. The van der Waals surface area contributed by atoms with E-state index in [2.05, 4.69) is 9.71 Å². The second-order valence-corrected chi connectivity index (χ2v) is 13.6. The molecule has 0 saturated carbocycles. The Morgan fingerprint density at radius 2 is 1.80 bits per heavy atom. The first kappa shape index (κ1) is 29.9. The lowest BCUT2D eigenvalue weighted by molar-refractivity contribution is -0.138. The van der Waals surface area contributed by atoms with Crippen LogP contribution < -0.4 is 9.46 Å². The number of hydrogen-bond acceptors (Lipinski definition) is 6. The molecular formula is C30H31ClN2O5S2. The van der Waals surface area contributed by atoms with Crippen LogP contribution in [0.3, 0.4) is 0 Å². The van der Waals surface area contributed by atoms with Crippen molar-refractivity contribution >= 4 is 50.3 Å². The van der Waals surface area contributed by atoms with Gasteiger partial charge in [-0.2, -0.15) is 11.8 Å². The fraction of sp³-hybridized carbons (Fsp3) is 0.267. The molecule has 1 unspecified atom stereocenters. The van der Waals surface area contributed by atoms with Gasteiger partial charge in [0.05, 0.1) is 22.5 Å². The van der Waals surface area contributed by atoms with Gasteiger partial charge < -0.3 is 9.84 Å². The van der Waals surface area contributed by atoms with Crippen molar-refractivity contribution in [2.24, 2.45) is 5.41 Å². The minimum atomic E-state index is -3.78. The monoisotopic (exact) mass is 598 g/mol. The number of halogens is 1. The molecule has 1 heterocycles. The Hall–Kier alpha value is -3.11. The molecule has 0 aliphatic rings. The molecule has 0 radical (unpaired) electrons. The third kappa shape index (κ3) is 8.44. The van der Waals surface area contributed by atoms with Crippen LogP contribution in [0.5, 0.6) is 5.75 Å². The van der Waals surface area contributed by atoms with Crippen LogP contribution in [0.4, 0.5) is 0 Å². The lowest BCUT2D eigenvalue weighted by Crippen LogP contribution is -2.29. The van der Waals surface area contributed by atoms with E-state index < -0.39 is 21.4 Å². The first-order valence-corrected chi connectivity index (χ1v) is 15.6. The van der Waals surface area contributed by atoms with Gasteiger partial charge in [0.1, 0.15) is 12.4 Å². The zero-order valence-electron chi connectivity index (χ0n) is 22.2. The van der Waals surface area contributed by atoms with Crippen molar-refractivity contribution < 1.29 is 23.1 Å². The lowest BCUT2D eigenvalue weighted by Gasteiger charge is -2.26. The van der Waals surface area contributed by atoms with E-state index >= 15 is 0 Å². The molecule has 0 bridgehead atoms. The largest absolute Gasteiger partial charge is 0.487 e. The Morgan fingerprint density at radius 3 is 2.55 bits per heavy atom. The van der Waals surface area contributed by atoms with Gasteiger partial charge in [0, 0.05) is 22.2 Å². The molecule has 4 rings (SSSR count). The minimum Gasteiger partial charge on any atom is -0.487 e. The van der Waals surface area contributed by atoms with E-state index in [-0.39, 0.29) is 29.7 Å². The SMILES string of the molecule is CC(C)(CSC(CNS(=O)(=O)c1ccc(Cl)cc1)c1cccc(OCc2ccc3ccccc3n2)c1)CC(=O)O. The molecule has 4 aromatic rings. The molecule has 7 nitrogen and oxygen atoms in total. The third-order valence-electron chi connectivity index (χ3n) is 6.16. The standard InChI is InChI=1S/C30H31ClN2O5S2/c1-30(2,17-29(34)35)20-39-28(18-32-40(36,37)26-14-11-23(31)12-15-26)22-7-5-8-25(16-22)38-19-24-13-10-21-6-3-4-9-27(21)33-24/h3-16,28,32H,17-20H2,1-2H3,(H,34,35). The number of pyridine rings is 1. The van der Waals surface area contributed by atoms with Crippen molar-refractivity contribution in [2.75, 3.05) is 12.3 Å². The average molecular weight is 599 g/mol. The Bertz CT molecular complexity index is 1580. The van der Waals surface area contributed by atoms with E-state index in [1.54, 1.807) is 0 Å². The number of carboxylic acid groups (broad SMARTS) is 1. The van der Waals surface area contributed by atoms with Crippen LogP contribution in [0.2, 0.25) is 5.02 Å². The van der Waals surface area contributed by atoms with E-state index in [4.69, 9.17) is 16.3 Å². The number of fused-ring (bicyclic) bond motifs is 1. The van der Waals surface area contributed by atoms with Gasteiger partial charge in [-0.3, -0.25) is 4.79 Å². The number of nitrogens with zero attached hydrogens (tertiary/aromatic N) is 1. The fourth-order valence-corrected chi connectivity index (χ4v) is 6.67. The van der Waals surface area contributed by atoms with E-state index in [0.717, 1.165) is 22.2 Å². The quantitative estimate of drug-likeness (QED) is 0.176. The molecule has 0 fully saturated rings. The maximum absolute atomic E-state index is 13.0. The number of rotatable bonds is 13. The van der Waals surface area contributed by atoms with Gasteiger partial charge in [0.2, 0.25) is 10.0 Å². The summed E-state index contributed by atoms with van der Waals surface area (Å²) >= 11 is 7.43. The summed E-state index contributed by atoms with van der Waals surface area (Å²) in [6, 6.07) is 25.3. The van der Waals surface area contributed by atoms with Crippen molar-refractivity contribution in [3.8, 4) is 5.75 Å². The number of thioether (sulfide) groups is 1. The Labute approximate surface area is 244 Å². The summed E-state index contributed by atoms with van der Waals surface area (Å²) in [6.07, 6.45) is 0.00509. The smallest absolute Gasteiger partial charge is 0.303 e. The highest BCUT2D eigenvalue weighted by Crippen LogP contribution is 2.36. The van der Waals surface area contributed by atoms with Crippen LogP contribution in [0.1, 0.15) is 36.8 Å². The molecule has 0 spiro atoms. The zero-order valence-corrected chi connectivity index (χ0v) is 24.6. The van der Waals surface area contributed by atoms with Gasteiger partial charge in [-0.25, -0.2) is 18.1 Å². The zero-order chi connectivity index (χ0) is 28.8. The highest BCUT2D eigenvalue weighted by Gasteiger charge is 2.26. The number of benzene rings is 3. The number of aromatic nitrogens is 1. The number of sulfonamides is 1. The van der Waals surface area contributed by atoms with Gasteiger partial charge in [0.15, 0.2) is 0 Å². The topological polar surface area (TPSA) is 106 Å². The maximum Gasteiger partial charge on any atom is 0.303 e. The molecule has 0 aliphatic carbocycles. The van der Waals surface area contributed by atoms with Gasteiger partial charge in [-0.15, -0.1) is 0 Å². The number of carbonyl (C=O) groups is 1. The van der Waals surface area contributed by atoms with E-state index in [1.165, 1.54) is 36.0 Å². The van der Waals surface area contributed by atoms with Crippen LogP contribution in [-0.2, 0) is 21.4 Å². The summed E-state index contributed by atoms with van der Waals surface area (Å²) in [5.74, 6) is 0.269. The molecule has 1 aromatic heterocycles. The number of para-hydroxylation sites is 1. The van der Waals surface area contributed by atoms with Crippen LogP contribution in [0.25, 0.3) is 10.9 Å². The van der Waals surface area contributed by atoms with Gasteiger partial charge >= 0.3 is 5.97 Å². The second-order valence-electron chi connectivity index (χ2n) is 10.2. The molecule has 3 aromatic carbocycles. The summed E-state index contributed by atoms with van der Waals surface area (Å²) in [6.45, 7) is 4.16. The first-order chi connectivity index (χ1) is 19.0. The summed E-state index contributed by atoms with van der Waals surface area (Å²) in [7, 11) is -3.78. The van der Waals surface area contributed by atoms with Crippen molar-refractivity contribution in [2.45, 2.75) is 37.0 Å². The summed E-state index contributed by atoms with van der Waals surface area (Å²) in [4.78, 5) is 16.1. The van der Waals surface area contributed by atoms with E-state index in [1.807, 2.05) is 74.5 Å². The highest BCUT2D eigenvalue weighted by molar-refractivity contribution is 7.99. The predicted molar refractivity (Wildman–Crippen MR) is 160 cm³/mol. The Balaban J connectivity index is 1.51. The van der Waals surface area contributed by atoms with Gasteiger partial charge in [-0.1, -0.05) is 61.8 Å². The Morgan fingerprint density at radius 1 is 1.05 bits per heavy atom. The number of hydrogen-bond donors (Lipinski definition) is 2. The maximum atomic E-state index is 13.0. The predicted octanol–water partition coefficient (Wildman–Crippen LogP) is 6.72. The summed E-state index contributed by atoms with van der Waals surface area (Å²) in [5, 5.41) is 10.5. The highest BCUT2D eigenvalue weighted by atomic mass is 35.5. The molecular weight excluding hydrogens is 568 g/mol. The van der Waals surface area contributed by atoms with Crippen molar-refractivity contribution in [1.29, 1.82) is 0 Å². The molecule has 0 amide bonds. The molecule has 0 saturated heterocycles. The first-order valence-electron chi connectivity index (χ1n) is 12.7. The van der Waals surface area contributed by atoms with Crippen molar-refractivity contribution in [1.82, 2.24) is 9.71 Å². The van der Waals surface area contributed by atoms with Gasteiger partial charge in [-0.05, 0) is 65.3 Å². The third-order valence-corrected chi connectivity index (χ3v) is 9.64. The van der Waals surface area contributed by atoms with Crippen LogP contribution >= 0.6 is 23.4 Å². The summed E-state index contributed by atoms with van der Waals surface area (Å²) in [5.41, 5.74) is 2.06. The van der Waals surface area contributed by atoms with Crippen molar-refractivity contribution in [3.63, 3.8) is 0 Å². The molecule has 0 aliphatic heterocycles. The molecule has 2 N–H and O–H groups in total.